The summed E-state index contributed by atoms with van der Waals surface area (Å²) in [5, 5.41) is 1.85. The van der Waals surface area contributed by atoms with Crippen LogP contribution in [0.5, 0.6) is 0 Å². The number of likely N-dealkylation sites (tertiary alicyclic amines) is 1. The van der Waals surface area contributed by atoms with Crippen LogP contribution < -0.4 is 11.3 Å². The number of hydrogen-bond donors (Lipinski definition) is 1. The monoisotopic (exact) mass is 413 g/mol. The van der Waals surface area contributed by atoms with Gasteiger partial charge >= 0.3 is 0 Å². The lowest BCUT2D eigenvalue weighted by Gasteiger charge is -2.33. The molecule has 4 aromatic rings. The smallest absolute Gasteiger partial charge is 0.251 e. The van der Waals surface area contributed by atoms with Gasteiger partial charge in [-0.05, 0) is 48.7 Å². The lowest BCUT2D eigenvalue weighted by molar-refractivity contribution is -0.130. The first kappa shape index (κ1) is 19.2. The Morgan fingerprint density at radius 1 is 1.00 bits per heavy atom. The van der Waals surface area contributed by atoms with Crippen molar-refractivity contribution in [3.63, 3.8) is 0 Å². The van der Waals surface area contributed by atoms with E-state index in [2.05, 4.69) is 16.0 Å². The average Bonchev–Trinajstić information content (AvgIpc) is 2.79. The van der Waals surface area contributed by atoms with Gasteiger partial charge in [0.25, 0.3) is 5.56 Å². The van der Waals surface area contributed by atoms with Gasteiger partial charge in [-0.25, -0.2) is 4.98 Å². The molecule has 156 valence electrons. The number of amides is 1. The SMILES string of the molecule is CC(=O)N1CCC(n2c(=O)ccc3cnc4ccc(-c5ccc(N)nc5)cc4c32)CC1. The summed E-state index contributed by atoms with van der Waals surface area (Å²) < 4.78 is 1.90. The first-order valence-corrected chi connectivity index (χ1v) is 10.4. The third-order valence-corrected chi connectivity index (χ3v) is 6.15. The predicted molar refractivity (Wildman–Crippen MR) is 122 cm³/mol. The van der Waals surface area contributed by atoms with Crippen molar-refractivity contribution < 1.29 is 4.79 Å². The number of pyridine rings is 3. The summed E-state index contributed by atoms with van der Waals surface area (Å²) in [7, 11) is 0. The Labute approximate surface area is 179 Å². The summed E-state index contributed by atoms with van der Waals surface area (Å²) in [5.41, 5.74) is 9.37. The Morgan fingerprint density at radius 2 is 1.77 bits per heavy atom. The van der Waals surface area contributed by atoms with Gasteiger partial charge in [0.1, 0.15) is 5.82 Å². The highest BCUT2D eigenvalue weighted by atomic mass is 16.2. The second kappa shape index (κ2) is 7.50. The number of aromatic nitrogens is 3. The summed E-state index contributed by atoms with van der Waals surface area (Å²) in [6.45, 7) is 2.92. The number of piperidine rings is 1. The maximum absolute atomic E-state index is 13.0. The van der Waals surface area contributed by atoms with Crippen LogP contribution in [0.15, 0.2) is 59.7 Å². The largest absolute Gasteiger partial charge is 0.384 e. The van der Waals surface area contributed by atoms with E-state index in [0.717, 1.165) is 45.8 Å². The van der Waals surface area contributed by atoms with Crippen LogP contribution >= 0.6 is 0 Å². The van der Waals surface area contributed by atoms with Gasteiger partial charge in [-0.15, -0.1) is 0 Å². The number of carbonyl (C=O) groups is 1. The van der Waals surface area contributed by atoms with Crippen molar-refractivity contribution in [3.05, 3.63) is 65.2 Å². The molecule has 2 N–H and O–H groups in total. The topological polar surface area (TPSA) is 94.1 Å². The van der Waals surface area contributed by atoms with Gasteiger partial charge in [-0.2, -0.15) is 0 Å². The van der Waals surface area contributed by atoms with E-state index in [0.29, 0.717) is 18.9 Å². The number of fused-ring (bicyclic) bond motifs is 3. The molecule has 0 radical (unpaired) electrons. The van der Waals surface area contributed by atoms with E-state index in [1.54, 1.807) is 25.3 Å². The Kier molecular flexibility index (Phi) is 4.66. The van der Waals surface area contributed by atoms with Crippen LogP contribution in [0.25, 0.3) is 32.9 Å². The van der Waals surface area contributed by atoms with E-state index in [1.165, 1.54) is 0 Å². The molecular weight excluding hydrogens is 390 g/mol. The number of carbonyl (C=O) groups excluding carboxylic acids is 1. The standard InChI is InChI=1S/C24H23N5O2/c1-15(30)28-10-8-19(9-11-28)29-23(31)7-4-18-14-26-21-5-2-16(12-20(21)24(18)29)17-3-6-22(25)27-13-17/h2-7,12-14,19H,8-11H2,1H3,(H2,25,27). The van der Waals surface area contributed by atoms with Crippen LogP contribution in [-0.2, 0) is 4.79 Å². The molecule has 31 heavy (non-hydrogen) atoms. The van der Waals surface area contributed by atoms with Gasteiger partial charge in [-0.1, -0.05) is 6.07 Å². The highest BCUT2D eigenvalue weighted by Crippen LogP contribution is 2.31. The fourth-order valence-corrected chi connectivity index (χ4v) is 4.49. The lowest BCUT2D eigenvalue weighted by atomic mass is 10.0. The molecule has 1 aromatic carbocycles. The lowest BCUT2D eigenvalue weighted by Crippen LogP contribution is -2.39. The number of hydrogen-bond acceptors (Lipinski definition) is 5. The van der Waals surface area contributed by atoms with Crippen LogP contribution in [-0.4, -0.2) is 38.4 Å². The Morgan fingerprint density at radius 3 is 2.48 bits per heavy atom. The minimum absolute atomic E-state index is 0.0270. The number of anilines is 1. The minimum atomic E-state index is -0.0270. The molecule has 0 aliphatic carbocycles. The van der Waals surface area contributed by atoms with Crippen molar-refractivity contribution in [2.75, 3.05) is 18.8 Å². The number of nitrogens with two attached hydrogens (primary N) is 1. The quantitative estimate of drug-likeness (QED) is 0.509. The fourth-order valence-electron chi connectivity index (χ4n) is 4.49. The molecular formula is C24H23N5O2. The predicted octanol–water partition coefficient (Wildman–Crippen LogP) is 3.38. The van der Waals surface area contributed by atoms with Gasteiger partial charge in [-0.3, -0.25) is 14.6 Å². The maximum atomic E-state index is 13.0. The first-order valence-electron chi connectivity index (χ1n) is 10.4. The molecule has 1 amide bonds. The second-order valence-electron chi connectivity index (χ2n) is 8.04. The molecule has 1 saturated heterocycles. The van der Waals surface area contributed by atoms with E-state index in [9.17, 15) is 9.59 Å². The fraction of sp³-hybridized carbons (Fsp3) is 0.250. The molecule has 0 spiro atoms. The zero-order chi connectivity index (χ0) is 21.5. The average molecular weight is 413 g/mol. The first-order chi connectivity index (χ1) is 15.0. The van der Waals surface area contributed by atoms with Crippen molar-refractivity contribution in [1.29, 1.82) is 0 Å². The third kappa shape index (κ3) is 3.42. The van der Waals surface area contributed by atoms with Crippen LogP contribution in [0.2, 0.25) is 0 Å². The normalized spacial score (nSPS) is 14.9. The molecule has 1 aliphatic heterocycles. The van der Waals surface area contributed by atoms with E-state index in [-0.39, 0.29) is 17.5 Å². The zero-order valence-electron chi connectivity index (χ0n) is 17.3. The van der Waals surface area contributed by atoms with E-state index >= 15 is 0 Å². The highest BCUT2D eigenvalue weighted by molar-refractivity contribution is 6.04. The summed E-state index contributed by atoms with van der Waals surface area (Å²) >= 11 is 0. The summed E-state index contributed by atoms with van der Waals surface area (Å²) in [5.74, 6) is 0.558. The van der Waals surface area contributed by atoms with Gasteiger partial charge in [0.05, 0.1) is 11.0 Å². The number of nitrogens with zero attached hydrogens (tertiary/aromatic N) is 4. The zero-order valence-corrected chi connectivity index (χ0v) is 17.3. The molecule has 0 atom stereocenters. The number of rotatable bonds is 2. The van der Waals surface area contributed by atoms with Crippen molar-refractivity contribution in [2.45, 2.75) is 25.8 Å². The van der Waals surface area contributed by atoms with Crippen LogP contribution in [0, 0.1) is 0 Å². The van der Waals surface area contributed by atoms with Gasteiger partial charge in [0, 0.05) is 60.9 Å². The van der Waals surface area contributed by atoms with Crippen molar-refractivity contribution >= 4 is 33.5 Å². The summed E-state index contributed by atoms with van der Waals surface area (Å²) in [4.78, 5) is 35.4. The summed E-state index contributed by atoms with van der Waals surface area (Å²) in [6, 6.07) is 13.2. The molecule has 1 aliphatic rings. The third-order valence-electron chi connectivity index (χ3n) is 6.15. The molecule has 7 heteroatoms. The Bertz CT molecular complexity index is 1350. The molecule has 5 rings (SSSR count). The van der Waals surface area contributed by atoms with Crippen LogP contribution in [0.3, 0.4) is 0 Å². The van der Waals surface area contributed by atoms with Crippen molar-refractivity contribution in [3.8, 4) is 11.1 Å². The van der Waals surface area contributed by atoms with Gasteiger partial charge in [0.15, 0.2) is 0 Å². The van der Waals surface area contributed by atoms with Crippen LogP contribution in [0.1, 0.15) is 25.8 Å². The number of benzene rings is 1. The molecule has 0 saturated carbocycles. The number of nitrogen functional groups attached to an aromatic ring is 1. The Hall–Kier alpha value is -3.74. The minimum Gasteiger partial charge on any atom is -0.384 e. The highest BCUT2D eigenvalue weighted by Gasteiger charge is 2.24. The van der Waals surface area contributed by atoms with E-state index < -0.39 is 0 Å². The van der Waals surface area contributed by atoms with Crippen molar-refractivity contribution in [2.24, 2.45) is 0 Å². The molecule has 0 bridgehead atoms. The molecule has 0 unspecified atom stereocenters. The molecule has 4 heterocycles. The van der Waals surface area contributed by atoms with Gasteiger partial charge in [0.2, 0.25) is 5.91 Å². The van der Waals surface area contributed by atoms with Gasteiger partial charge < -0.3 is 15.2 Å². The van der Waals surface area contributed by atoms with Crippen LogP contribution in [0.4, 0.5) is 5.82 Å². The maximum Gasteiger partial charge on any atom is 0.251 e. The Balaban J connectivity index is 1.69. The second-order valence-corrected chi connectivity index (χ2v) is 8.04. The van der Waals surface area contributed by atoms with E-state index in [1.807, 2.05) is 39.9 Å². The summed E-state index contributed by atoms with van der Waals surface area (Å²) in [6.07, 6.45) is 5.08. The van der Waals surface area contributed by atoms with E-state index in [4.69, 9.17) is 5.73 Å². The van der Waals surface area contributed by atoms with Crippen molar-refractivity contribution in [1.82, 2.24) is 19.4 Å². The molecule has 1 fully saturated rings. The molecule has 7 nitrogen and oxygen atoms in total. The molecule has 3 aromatic heterocycles.